The molecule has 1 fully saturated rings. The fourth-order valence-electron chi connectivity index (χ4n) is 2.23. The molecule has 0 unspecified atom stereocenters. The van der Waals surface area contributed by atoms with Crippen LogP contribution < -0.4 is 5.32 Å². The zero-order valence-corrected chi connectivity index (χ0v) is 10.5. The third kappa shape index (κ3) is 3.25. The molecule has 1 amide bonds. The van der Waals surface area contributed by atoms with Gasteiger partial charge in [0.1, 0.15) is 0 Å². The zero-order valence-electron chi connectivity index (χ0n) is 9.67. The molecular formula is C12H14F3NOS. The molecule has 1 aromatic heterocycles. The van der Waals surface area contributed by atoms with Crippen LogP contribution in [0, 0.1) is 5.92 Å². The monoisotopic (exact) mass is 277 g/mol. The Balaban J connectivity index is 1.82. The summed E-state index contributed by atoms with van der Waals surface area (Å²) < 4.78 is 37.4. The second kappa shape index (κ2) is 5.30. The van der Waals surface area contributed by atoms with Crippen LogP contribution in [-0.2, 0) is 0 Å². The van der Waals surface area contributed by atoms with Gasteiger partial charge in [-0.2, -0.15) is 13.2 Å². The standard InChI is InChI=1S/C12H14F3NOS/c13-12(14,15)8-3-5-9(6-4-8)16-11(17)10-2-1-7-18-10/h1-2,7-9H,3-6H2,(H,16,17). The van der Waals surface area contributed by atoms with E-state index in [2.05, 4.69) is 5.32 Å². The van der Waals surface area contributed by atoms with E-state index in [1.807, 2.05) is 0 Å². The first-order valence-electron chi connectivity index (χ1n) is 5.88. The van der Waals surface area contributed by atoms with Gasteiger partial charge in [0.05, 0.1) is 10.8 Å². The van der Waals surface area contributed by atoms with Crippen LogP contribution in [0.3, 0.4) is 0 Å². The van der Waals surface area contributed by atoms with Crippen molar-refractivity contribution in [2.24, 2.45) is 5.92 Å². The Labute approximate surface area is 107 Å². The summed E-state index contributed by atoms with van der Waals surface area (Å²) in [7, 11) is 0. The average Bonchev–Trinajstić information content (AvgIpc) is 2.82. The molecule has 1 aliphatic rings. The van der Waals surface area contributed by atoms with Crippen LogP contribution in [0.25, 0.3) is 0 Å². The summed E-state index contributed by atoms with van der Waals surface area (Å²) >= 11 is 1.33. The van der Waals surface area contributed by atoms with E-state index in [9.17, 15) is 18.0 Å². The number of nitrogens with one attached hydrogen (secondary N) is 1. The highest BCUT2D eigenvalue weighted by molar-refractivity contribution is 7.12. The number of hydrogen-bond donors (Lipinski definition) is 1. The maximum atomic E-state index is 12.5. The fourth-order valence-corrected chi connectivity index (χ4v) is 2.86. The minimum Gasteiger partial charge on any atom is -0.349 e. The van der Waals surface area contributed by atoms with Gasteiger partial charge < -0.3 is 5.32 Å². The third-order valence-electron chi connectivity index (χ3n) is 3.27. The smallest absolute Gasteiger partial charge is 0.349 e. The Bertz CT molecular complexity index is 394. The molecule has 1 saturated carbocycles. The van der Waals surface area contributed by atoms with E-state index in [1.165, 1.54) is 11.3 Å². The van der Waals surface area contributed by atoms with Crippen molar-refractivity contribution in [3.8, 4) is 0 Å². The van der Waals surface area contributed by atoms with Crippen LogP contribution in [0.2, 0.25) is 0 Å². The summed E-state index contributed by atoms with van der Waals surface area (Å²) in [5, 5.41) is 4.60. The first kappa shape index (κ1) is 13.4. The predicted molar refractivity (Wildman–Crippen MR) is 63.6 cm³/mol. The molecule has 1 N–H and O–H groups in total. The highest BCUT2D eigenvalue weighted by Crippen LogP contribution is 2.37. The van der Waals surface area contributed by atoms with E-state index >= 15 is 0 Å². The Morgan fingerprint density at radius 3 is 2.44 bits per heavy atom. The maximum Gasteiger partial charge on any atom is 0.391 e. The predicted octanol–water partition coefficient (Wildman–Crippen LogP) is 3.60. The van der Waals surface area contributed by atoms with Crippen molar-refractivity contribution in [1.29, 1.82) is 0 Å². The summed E-state index contributed by atoms with van der Waals surface area (Å²) in [6.45, 7) is 0. The number of carbonyl (C=O) groups excluding carboxylic acids is 1. The summed E-state index contributed by atoms with van der Waals surface area (Å²) in [5.74, 6) is -1.38. The largest absolute Gasteiger partial charge is 0.391 e. The summed E-state index contributed by atoms with van der Waals surface area (Å²) in [6.07, 6.45) is -3.07. The highest BCUT2D eigenvalue weighted by Gasteiger charge is 2.41. The molecule has 2 nitrogen and oxygen atoms in total. The van der Waals surface area contributed by atoms with Crippen molar-refractivity contribution in [3.63, 3.8) is 0 Å². The highest BCUT2D eigenvalue weighted by atomic mass is 32.1. The number of hydrogen-bond acceptors (Lipinski definition) is 2. The van der Waals surface area contributed by atoms with Crippen molar-refractivity contribution in [2.45, 2.75) is 37.9 Å². The number of alkyl halides is 3. The van der Waals surface area contributed by atoms with Gasteiger partial charge in [0.15, 0.2) is 0 Å². The first-order chi connectivity index (χ1) is 8.47. The van der Waals surface area contributed by atoms with Crippen LogP contribution in [-0.4, -0.2) is 18.1 Å². The number of rotatable bonds is 2. The molecule has 1 heterocycles. The van der Waals surface area contributed by atoms with E-state index in [0.29, 0.717) is 17.7 Å². The molecule has 100 valence electrons. The van der Waals surface area contributed by atoms with Gasteiger partial charge in [0, 0.05) is 6.04 Å². The van der Waals surface area contributed by atoms with Crippen LogP contribution in [0.5, 0.6) is 0 Å². The molecule has 0 atom stereocenters. The van der Waals surface area contributed by atoms with Crippen LogP contribution in [0.15, 0.2) is 17.5 Å². The van der Waals surface area contributed by atoms with Gasteiger partial charge in [-0.05, 0) is 37.1 Å². The molecule has 0 aromatic carbocycles. The van der Waals surface area contributed by atoms with Crippen LogP contribution in [0.4, 0.5) is 13.2 Å². The van der Waals surface area contributed by atoms with Gasteiger partial charge in [0.25, 0.3) is 5.91 Å². The lowest BCUT2D eigenvalue weighted by molar-refractivity contribution is -0.182. The van der Waals surface area contributed by atoms with Gasteiger partial charge in [0.2, 0.25) is 0 Å². The van der Waals surface area contributed by atoms with Crippen molar-refractivity contribution in [1.82, 2.24) is 5.32 Å². The van der Waals surface area contributed by atoms with Crippen molar-refractivity contribution in [2.75, 3.05) is 0 Å². The second-order valence-electron chi connectivity index (χ2n) is 4.54. The van der Waals surface area contributed by atoms with Gasteiger partial charge in [-0.3, -0.25) is 4.79 Å². The number of thiophene rings is 1. The minimum atomic E-state index is -4.09. The van der Waals surface area contributed by atoms with Crippen molar-refractivity contribution in [3.05, 3.63) is 22.4 Å². The molecule has 0 bridgehead atoms. The number of halogens is 3. The van der Waals surface area contributed by atoms with E-state index in [4.69, 9.17) is 0 Å². The minimum absolute atomic E-state index is 0.110. The van der Waals surface area contributed by atoms with Gasteiger partial charge >= 0.3 is 6.18 Å². The number of amides is 1. The lowest BCUT2D eigenvalue weighted by atomic mass is 9.85. The lowest BCUT2D eigenvalue weighted by Gasteiger charge is -2.30. The molecule has 6 heteroatoms. The van der Waals surface area contributed by atoms with Crippen molar-refractivity contribution >= 4 is 17.2 Å². The summed E-state index contributed by atoms with van der Waals surface area (Å²) in [6, 6.07) is 3.36. The van der Waals surface area contributed by atoms with Crippen molar-refractivity contribution < 1.29 is 18.0 Å². The third-order valence-corrected chi connectivity index (χ3v) is 4.14. The molecule has 2 rings (SSSR count). The lowest BCUT2D eigenvalue weighted by Crippen LogP contribution is -2.39. The fraction of sp³-hybridized carbons (Fsp3) is 0.583. The van der Waals surface area contributed by atoms with E-state index in [0.717, 1.165) is 0 Å². The average molecular weight is 277 g/mol. The Morgan fingerprint density at radius 1 is 1.28 bits per heavy atom. The van der Waals surface area contributed by atoms with Gasteiger partial charge in [-0.15, -0.1) is 11.3 Å². The maximum absolute atomic E-state index is 12.5. The second-order valence-corrected chi connectivity index (χ2v) is 5.49. The Kier molecular flexibility index (Phi) is 3.94. The van der Waals surface area contributed by atoms with E-state index in [1.54, 1.807) is 17.5 Å². The zero-order chi connectivity index (χ0) is 13.2. The summed E-state index contributed by atoms with van der Waals surface area (Å²) in [5.41, 5.74) is 0. The van der Waals surface area contributed by atoms with Crippen LogP contribution >= 0.6 is 11.3 Å². The molecule has 1 aliphatic carbocycles. The quantitative estimate of drug-likeness (QED) is 0.879. The van der Waals surface area contributed by atoms with Crippen LogP contribution in [0.1, 0.15) is 35.4 Å². The molecule has 0 radical (unpaired) electrons. The van der Waals surface area contributed by atoms with E-state index in [-0.39, 0.29) is 24.8 Å². The number of carbonyl (C=O) groups is 1. The summed E-state index contributed by atoms with van der Waals surface area (Å²) in [4.78, 5) is 12.3. The van der Waals surface area contributed by atoms with Gasteiger partial charge in [-0.1, -0.05) is 6.07 Å². The molecule has 1 aromatic rings. The Morgan fingerprint density at radius 2 is 1.94 bits per heavy atom. The van der Waals surface area contributed by atoms with Gasteiger partial charge in [-0.25, -0.2) is 0 Å². The molecule has 0 spiro atoms. The molecular weight excluding hydrogens is 263 g/mol. The SMILES string of the molecule is O=C(NC1CCC(C(F)(F)F)CC1)c1cccs1. The molecule has 0 aliphatic heterocycles. The Hall–Kier alpha value is -1.04. The molecule has 18 heavy (non-hydrogen) atoms. The van der Waals surface area contributed by atoms with E-state index < -0.39 is 12.1 Å². The topological polar surface area (TPSA) is 29.1 Å². The first-order valence-corrected chi connectivity index (χ1v) is 6.76. The normalized spacial score (nSPS) is 24.8. The molecule has 0 saturated heterocycles.